The number of aliphatic hydroxyl groups is 1. The number of aryl methyl sites for hydroxylation is 1. The Kier molecular flexibility index (Phi) is 6.45. The molecule has 6 heteroatoms. The molecule has 1 aliphatic carbocycles. The summed E-state index contributed by atoms with van der Waals surface area (Å²) in [5.74, 6) is -1.04. The van der Waals surface area contributed by atoms with Gasteiger partial charge in [-0.25, -0.2) is 4.39 Å². The fourth-order valence-electron chi connectivity index (χ4n) is 3.69. The number of rotatable bonds is 9. The van der Waals surface area contributed by atoms with Crippen molar-refractivity contribution in [2.24, 2.45) is 11.7 Å². The van der Waals surface area contributed by atoms with Crippen LogP contribution < -0.4 is 11.1 Å². The van der Waals surface area contributed by atoms with Gasteiger partial charge in [0.15, 0.2) is 5.78 Å². The van der Waals surface area contributed by atoms with Crippen molar-refractivity contribution < 1.29 is 19.1 Å². The molecule has 154 valence electrons. The maximum Gasteiger partial charge on any atom is 0.218 e. The summed E-state index contributed by atoms with van der Waals surface area (Å²) >= 11 is 0. The highest BCUT2D eigenvalue weighted by atomic mass is 19.1. The summed E-state index contributed by atoms with van der Waals surface area (Å²) in [6, 6.07) is 9.55. The van der Waals surface area contributed by atoms with Gasteiger partial charge in [0.05, 0.1) is 12.2 Å². The predicted molar refractivity (Wildman–Crippen MR) is 109 cm³/mol. The van der Waals surface area contributed by atoms with E-state index in [-0.39, 0.29) is 42.4 Å². The second-order valence-electron chi connectivity index (χ2n) is 7.90. The number of hydrogen-bond acceptors (Lipinski definition) is 4. The van der Waals surface area contributed by atoms with Crippen LogP contribution in [0.15, 0.2) is 36.4 Å². The lowest BCUT2D eigenvalue weighted by Crippen LogP contribution is -2.35. The van der Waals surface area contributed by atoms with Crippen LogP contribution in [0.4, 0.5) is 4.39 Å². The summed E-state index contributed by atoms with van der Waals surface area (Å²) in [7, 11) is 0. The van der Waals surface area contributed by atoms with E-state index >= 15 is 4.39 Å². The van der Waals surface area contributed by atoms with Crippen LogP contribution in [0.3, 0.4) is 0 Å². The highest BCUT2D eigenvalue weighted by Crippen LogP contribution is 2.43. The van der Waals surface area contributed by atoms with Crippen LogP contribution in [-0.4, -0.2) is 22.8 Å². The highest BCUT2D eigenvalue weighted by molar-refractivity contribution is 6.10. The number of carbonyl (C=O) groups excluding carboxylic acids is 2. The minimum absolute atomic E-state index is 0.0641. The smallest absolute Gasteiger partial charge is 0.218 e. The number of carbonyl (C=O) groups is 2. The van der Waals surface area contributed by atoms with E-state index in [2.05, 4.69) is 5.32 Å². The Bertz CT molecular complexity index is 907. The van der Waals surface area contributed by atoms with Crippen molar-refractivity contribution in [3.05, 3.63) is 70.0 Å². The average molecular weight is 398 g/mol. The van der Waals surface area contributed by atoms with Gasteiger partial charge in [0.25, 0.3) is 0 Å². The summed E-state index contributed by atoms with van der Waals surface area (Å²) in [6.07, 6.45) is 2.11. The fourth-order valence-corrected chi connectivity index (χ4v) is 3.69. The van der Waals surface area contributed by atoms with Gasteiger partial charge in [-0.2, -0.15) is 0 Å². The van der Waals surface area contributed by atoms with Crippen molar-refractivity contribution in [2.75, 3.05) is 0 Å². The van der Waals surface area contributed by atoms with E-state index in [1.54, 1.807) is 43.3 Å². The van der Waals surface area contributed by atoms with Gasteiger partial charge < -0.3 is 16.2 Å². The summed E-state index contributed by atoms with van der Waals surface area (Å²) in [6.45, 7) is 3.45. The first-order valence-corrected chi connectivity index (χ1v) is 9.89. The van der Waals surface area contributed by atoms with E-state index in [9.17, 15) is 14.7 Å². The van der Waals surface area contributed by atoms with Crippen molar-refractivity contribution in [3.8, 4) is 0 Å². The zero-order valence-electron chi connectivity index (χ0n) is 16.7. The number of benzene rings is 2. The molecule has 1 aliphatic rings. The van der Waals surface area contributed by atoms with Crippen molar-refractivity contribution in [1.29, 1.82) is 0 Å². The Morgan fingerprint density at radius 1 is 1.21 bits per heavy atom. The lowest BCUT2D eigenvalue weighted by atomic mass is 9.91. The molecule has 0 aromatic heterocycles. The number of primary amides is 1. The summed E-state index contributed by atoms with van der Waals surface area (Å²) < 4.78 is 15.6. The fraction of sp³-hybridized carbons (Fsp3) is 0.391. The number of ketones is 1. The van der Waals surface area contributed by atoms with Gasteiger partial charge in [0.2, 0.25) is 5.91 Å². The van der Waals surface area contributed by atoms with Gasteiger partial charge >= 0.3 is 0 Å². The molecule has 0 unspecified atom stereocenters. The van der Waals surface area contributed by atoms with Crippen molar-refractivity contribution in [1.82, 2.24) is 5.32 Å². The van der Waals surface area contributed by atoms with Crippen molar-refractivity contribution in [3.63, 3.8) is 0 Å². The van der Waals surface area contributed by atoms with Crippen LogP contribution in [0.1, 0.15) is 64.8 Å². The van der Waals surface area contributed by atoms with Crippen LogP contribution >= 0.6 is 0 Å². The topological polar surface area (TPSA) is 92.4 Å². The molecular formula is C23H27FN2O3. The Morgan fingerprint density at radius 2 is 1.86 bits per heavy atom. The molecule has 0 heterocycles. The number of amides is 1. The van der Waals surface area contributed by atoms with Gasteiger partial charge in [-0.15, -0.1) is 0 Å². The van der Waals surface area contributed by atoms with E-state index in [4.69, 9.17) is 5.73 Å². The number of halogens is 1. The minimum Gasteiger partial charge on any atom is -0.392 e. The van der Waals surface area contributed by atoms with Crippen LogP contribution in [0, 0.1) is 18.7 Å². The first kappa shape index (κ1) is 21.1. The molecular weight excluding hydrogens is 371 g/mol. The first-order valence-electron chi connectivity index (χ1n) is 9.89. The third kappa shape index (κ3) is 4.89. The molecule has 2 aromatic rings. The number of aliphatic hydroxyl groups excluding tert-OH is 1. The highest BCUT2D eigenvalue weighted by Gasteiger charge is 2.36. The normalized spacial score (nSPS) is 15.7. The predicted octanol–water partition coefficient (Wildman–Crippen LogP) is 3.16. The quantitative estimate of drug-likeness (QED) is 0.566. The number of nitrogens with one attached hydrogen (secondary N) is 1. The van der Waals surface area contributed by atoms with Crippen LogP contribution in [0.5, 0.6) is 0 Å². The largest absolute Gasteiger partial charge is 0.392 e. The summed E-state index contributed by atoms with van der Waals surface area (Å²) in [5, 5.41) is 12.5. The van der Waals surface area contributed by atoms with E-state index in [1.807, 2.05) is 6.92 Å². The molecule has 2 aromatic carbocycles. The summed E-state index contributed by atoms with van der Waals surface area (Å²) in [4.78, 5) is 24.3. The maximum atomic E-state index is 15.6. The first-order chi connectivity index (χ1) is 13.8. The molecule has 3 rings (SSSR count). The summed E-state index contributed by atoms with van der Waals surface area (Å²) in [5.41, 5.74) is 7.43. The molecule has 4 N–H and O–H groups in total. The molecule has 29 heavy (non-hydrogen) atoms. The van der Waals surface area contributed by atoms with E-state index in [0.29, 0.717) is 22.3 Å². The third-order valence-corrected chi connectivity index (χ3v) is 5.41. The van der Waals surface area contributed by atoms with Crippen molar-refractivity contribution in [2.45, 2.75) is 51.8 Å². The van der Waals surface area contributed by atoms with Crippen LogP contribution in [0.25, 0.3) is 0 Å². The zero-order valence-corrected chi connectivity index (χ0v) is 16.7. The Hall–Kier alpha value is -2.57. The number of hydrogen-bond donors (Lipinski definition) is 3. The molecule has 0 bridgehead atoms. The number of nitrogens with two attached hydrogens (primary N) is 1. The minimum atomic E-state index is -0.517. The molecule has 2 atom stereocenters. The zero-order chi connectivity index (χ0) is 21.1. The van der Waals surface area contributed by atoms with Gasteiger partial charge in [-0.05, 0) is 43.7 Å². The SMILES string of the molecule is Cc1ccc([C@H](N[C@H](C)CC(N)=O)C2CC2)c(F)c1C(=O)c1ccc(CO)cc1. The second-order valence-corrected chi connectivity index (χ2v) is 7.90. The van der Waals surface area contributed by atoms with E-state index < -0.39 is 11.7 Å². The molecule has 1 saturated carbocycles. The maximum absolute atomic E-state index is 15.6. The lowest BCUT2D eigenvalue weighted by molar-refractivity contribution is -0.118. The van der Waals surface area contributed by atoms with Crippen LogP contribution in [-0.2, 0) is 11.4 Å². The van der Waals surface area contributed by atoms with E-state index in [0.717, 1.165) is 12.8 Å². The Morgan fingerprint density at radius 3 is 2.41 bits per heavy atom. The second kappa shape index (κ2) is 8.84. The van der Waals surface area contributed by atoms with Gasteiger partial charge in [-0.3, -0.25) is 9.59 Å². The monoisotopic (exact) mass is 398 g/mol. The standard InChI is InChI=1S/C23H27FN2O3/c1-13-3-10-18(22(16-8-9-16)26-14(2)11-19(25)28)21(24)20(13)23(29)17-6-4-15(12-27)5-7-17/h3-7,10,14,16,22,26-27H,8-9,11-12H2,1-2H3,(H2,25,28)/t14-,22-/m1/s1. The van der Waals surface area contributed by atoms with Gasteiger partial charge in [0.1, 0.15) is 5.82 Å². The molecule has 5 nitrogen and oxygen atoms in total. The third-order valence-electron chi connectivity index (χ3n) is 5.41. The molecule has 0 radical (unpaired) electrons. The molecule has 1 amide bonds. The lowest BCUT2D eigenvalue weighted by Gasteiger charge is -2.24. The van der Waals surface area contributed by atoms with E-state index in [1.165, 1.54) is 0 Å². The molecule has 0 saturated heterocycles. The van der Waals surface area contributed by atoms with Crippen molar-refractivity contribution >= 4 is 11.7 Å². The van der Waals surface area contributed by atoms with Gasteiger partial charge in [-0.1, -0.05) is 36.4 Å². The molecule has 1 fully saturated rings. The average Bonchev–Trinajstić information content (AvgIpc) is 3.51. The molecule has 0 spiro atoms. The Balaban J connectivity index is 1.94. The van der Waals surface area contributed by atoms with Crippen LogP contribution in [0.2, 0.25) is 0 Å². The molecule has 0 aliphatic heterocycles. The Labute approximate surface area is 170 Å². The van der Waals surface area contributed by atoms with Gasteiger partial charge in [0, 0.05) is 29.6 Å².